The van der Waals surface area contributed by atoms with E-state index in [4.69, 9.17) is 11.6 Å². The minimum Gasteiger partial charge on any atom is -0.361 e. The van der Waals surface area contributed by atoms with E-state index in [9.17, 15) is 0 Å². The maximum absolute atomic E-state index is 6.00. The first-order chi connectivity index (χ1) is 10.8. The Morgan fingerprint density at radius 1 is 1.14 bits per heavy atom. The molecule has 2 heterocycles. The summed E-state index contributed by atoms with van der Waals surface area (Å²) in [7, 11) is 0. The number of nitrogens with zero attached hydrogens (tertiary/aromatic N) is 5. The SMILES string of the molecule is Clc1ccc([C@@H](Nc2ccc3nnnn3n2)C2CCC2)cc1. The fourth-order valence-electron chi connectivity index (χ4n) is 2.80. The quantitative estimate of drug-likeness (QED) is 0.801. The molecule has 4 rings (SSSR count). The van der Waals surface area contributed by atoms with E-state index in [0.29, 0.717) is 11.6 Å². The summed E-state index contributed by atoms with van der Waals surface area (Å²) in [6.07, 6.45) is 3.75. The lowest BCUT2D eigenvalue weighted by molar-refractivity contribution is 0.276. The molecule has 1 N–H and O–H groups in total. The number of benzene rings is 1. The molecule has 1 fully saturated rings. The van der Waals surface area contributed by atoms with E-state index >= 15 is 0 Å². The lowest BCUT2D eigenvalue weighted by Gasteiger charge is -2.35. The number of rotatable bonds is 4. The highest BCUT2D eigenvalue weighted by molar-refractivity contribution is 6.30. The van der Waals surface area contributed by atoms with Crippen LogP contribution in [0.5, 0.6) is 0 Å². The van der Waals surface area contributed by atoms with Gasteiger partial charge in [-0.2, -0.15) is 0 Å². The average molecular weight is 315 g/mol. The van der Waals surface area contributed by atoms with Gasteiger partial charge in [0.2, 0.25) is 0 Å². The summed E-state index contributed by atoms with van der Waals surface area (Å²) in [5.74, 6) is 1.39. The minimum absolute atomic E-state index is 0.229. The normalized spacial score (nSPS) is 16.4. The second-order valence-electron chi connectivity index (χ2n) is 5.61. The Bertz CT molecular complexity index is 780. The second-order valence-corrected chi connectivity index (χ2v) is 6.05. The van der Waals surface area contributed by atoms with E-state index in [1.54, 1.807) is 0 Å². The Balaban J connectivity index is 1.64. The number of hydrogen-bond donors (Lipinski definition) is 1. The predicted octanol–water partition coefficient (Wildman–Crippen LogP) is 3.13. The van der Waals surface area contributed by atoms with E-state index in [0.717, 1.165) is 10.8 Å². The van der Waals surface area contributed by atoms with Crippen LogP contribution in [-0.4, -0.2) is 25.3 Å². The number of fused-ring (bicyclic) bond motifs is 1. The van der Waals surface area contributed by atoms with E-state index in [2.05, 4.69) is 38.1 Å². The molecule has 1 saturated carbocycles. The largest absolute Gasteiger partial charge is 0.361 e. The summed E-state index contributed by atoms with van der Waals surface area (Å²) in [5.41, 5.74) is 1.87. The molecule has 0 unspecified atom stereocenters. The van der Waals surface area contributed by atoms with Gasteiger partial charge in [-0.3, -0.25) is 0 Å². The number of aromatic nitrogens is 5. The summed E-state index contributed by atoms with van der Waals surface area (Å²) >= 11 is 6.00. The van der Waals surface area contributed by atoms with Crippen molar-refractivity contribution in [3.63, 3.8) is 0 Å². The molecule has 0 amide bonds. The van der Waals surface area contributed by atoms with Crippen LogP contribution < -0.4 is 5.32 Å². The molecule has 1 aromatic carbocycles. The maximum atomic E-state index is 6.00. The van der Waals surface area contributed by atoms with Crippen molar-refractivity contribution in [2.24, 2.45) is 5.92 Å². The Labute approximate surface area is 132 Å². The second kappa shape index (κ2) is 5.53. The van der Waals surface area contributed by atoms with Crippen LogP contribution in [0.15, 0.2) is 36.4 Å². The third-order valence-corrected chi connectivity index (χ3v) is 4.48. The molecule has 22 heavy (non-hydrogen) atoms. The van der Waals surface area contributed by atoms with Crippen molar-refractivity contribution in [2.45, 2.75) is 25.3 Å². The van der Waals surface area contributed by atoms with Crippen LogP contribution >= 0.6 is 11.6 Å². The molecule has 0 spiro atoms. The summed E-state index contributed by atoms with van der Waals surface area (Å²) in [6.45, 7) is 0. The van der Waals surface area contributed by atoms with Crippen LogP contribution in [0.2, 0.25) is 5.02 Å². The maximum Gasteiger partial charge on any atom is 0.200 e. The summed E-state index contributed by atoms with van der Waals surface area (Å²) < 4.78 is 1.43. The van der Waals surface area contributed by atoms with Crippen molar-refractivity contribution < 1.29 is 0 Å². The van der Waals surface area contributed by atoms with Gasteiger partial charge in [0.15, 0.2) is 5.65 Å². The monoisotopic (exact) mass is 314 g/mol. The molecular formula is C15H15ClN6. The highest BCUT2D eigenvalue weighted by atomic mass is 35.5. The molecule has 3 aromatic rings. The number of nitrogens with one attached hydrogen (secondary N) is 1. The zero-order valence-electron chi connectivity index (χ0n) is 11.9. The Morgan fingerprint density at radius 2 is 1.95 bits per heavy atom. The van der Waals surface area contributed by atoms with E-state index < -0.39 is 0 Å². The number of tetrazole rings is 1. The van der Waals surface area contributed by atoms with E-state index in [1.165, 1.54) is 29.5 Å². The fourth-order valence-corrected chi connectivity index (χ4v) is 2.93. The Kier molecular flexibility index (Phi) is 3.38. The molecule has 0 aliphatic heterocycles. The topological polar surface area (TPSA) is 68.0 Å². The molecule has 2 aromatic heterocycles. The van der Waals surface area contributed by atoms with Crippen LogP contribution in [0.25, 0.3) is 5.65 Å². The third-order valence-electron chi connectivity index (χ3n) is 4.22. The molecule has 7 heteroatoms. The first-order valence-electron chi connectivity index (χ1n) is 7.37. The van der Waals surface area contributed by atoms with Crippen molar-refractivity contribution in [2.75, 3.05) is 5.32 Å². The fraction of sp³-hybridized carbons (Fsp3) is 0.333. The van der Waals surface area contributed by atoms with Gasteiger partial charge in [0.25, 0.3) is 0 Å². The number of halogens is 1. The molecule has 1 aliphatic carbocycles. The molecule has 1 aliphatic rings. The molecular weight excluding hydrogens is 300 g/mol. The highest BCUT2D eigenvalue weighted by Crippen LogP contribution is 2.39. The van der Waals surface area contributed by atoms with E-state index in [-0.39, 0.29) is 6.04 Å². The summed E-state index contributed by atoms with van der Waals surface area (Å²) in [6, 6.07) is 12.0. The smallest absolute Gasteiger partial charge is 0.200 e. The molecule has 6 nitrogen and oxygen atoms in total. The van der Waals surface area contributed by atoms with Gasteiger partial charge >= 0.3 is 0 Å². The van der Waals surface area contributed by atoms with Gasteiger partial charge in [0.05, 0.1) is 6.04 Å². The average Bonchev–Trinajstić information content (AvgIpc) is 2.93. The van der Waals surface area contributed by atoms with Crippen LogP contribution in [0.3, 0.4) is 0 Å². The number of anilines is 1. The van der Waals surface area contributed by atoms with Gasteiger partial charge in [0.1, 0.15) is 5.82 Å². The first-order valence-corrected chi connectivity index (χ1v) is 7.75. The van der Waals surface area contributed by atoms with Gasteiger partial charge in [-0.15, -0.1) is 14.8 Å². The number of hydrogen-bond acceptors (Lipinski definition) is 5. The lowest BCUT2D eigenvalue weighted by atomic mass is 9.77. The van der Waals surface area contributed by atoms with Gasteiger partial charge in [-0.25, -0.2) is 0 Å². The van der Waals surface area contributed by atoms with Crippen molar-refractivity contribution in [3.8, 4) is 0 Å². The first kappa shape index (κ1) is 13.5. The Morgan fingerprint density at radius 3 is 2.68 bits per heavy atom. The molecule has 1 atom stereocenters. The zero-order valence-corrected chi connectivity index (χ0v) is 12.6. The van der Waals surface area contributed by atoms with Crippen molar-refractivity contribution in [3.05, 3.63) is 47.0 Å². The predicted molar refractivity (Wildman–Crippen MR) is 83.7 cm³/mol. The summed E-state index contributed by atoms with van der Waals surface area (Å²) in [4.78, 5) is 0. The minimum atomic E-state index is 0.229. The molecule has 0 bridgehead atoms. The third kappa shape index (κ3) is 2.50. The van der Waals surface area contributed by atoms with Crippen LogP contribution in [0.4, 0.5) is 5.82 Å². The van der Waals surface area contributed by atoms with Crippen molar-refractivity contribution in [1.82, 2.24) is 25.3 Å². The summed E-state index contributed by atoms with van der Waals surface area (Å²) in [5, 5.41) is 20.0. The molecule has 0 radical (unpaired) electrons. The van der Waals surface area contributed by atoms with Crippen molar-refractivity contribution >= 4 is 23.1 Å². The zero-order chi connectivity index (χ0) is 14.9. The molecule has 0 saturated heterocycles. The van der Waals surface area contributed by atoms with Gasteiger partial charge in [0, 0.05) is 5.02 Å². The van der Waals surface area contributed by atoms with Crippen LogP contribution in [0, 0.1) is 5.92 Å². The van der Waals surface area contributed by atoms with Crippen LogP contribution in [-0.2, 0) is 0 Å². The van der Waals surface area contributed by atoms with Gasteiger partial charge < -0.3 is 5.32 Å². The van der Waals surface area contributed by atoms with E-state index in [1.807, 2.05) is 24.3 Å². The van der Waals surface area contributed by atoms with Crippen molar-refractivity contribution in [1.29, 1.82) is 0 Å². The Hall–Kier alpha value is -2.21. The van der Waals surface area contributed by atoms with Crippen LogP contribution in [0.1, 0.15) is 30.9 Å². The van der Waals surface area contributed by atoms with Gasteiger partial charge in [-0.05, 0) is 59.0 Å². The standard InChI is InChI=1S/C15H15ClN6/c16-12-6-4-11(5-7-12)15(10-2-1-3-10)17-13-8-9-14-18-20-21-22(14)19-13/h4-10,15H,1-3H2,(H,17,19)/t15-/m0/s1. The molecule has 112 valence electrons. The lowest BCUT2D eigenvalue weighted by Crippen LogP contribution is -2.27. The highest BCUT2D eigenvalue weighted by Gasteiger charge is 2.28. The van der Waals surface area contributed by atoms with Gasteiger partial charge in [-0.1, -0.05) is 30.2 Å².